The summed E-state index contributed by atoms with van der Waals surface area (Å²) in [5, 5.41) is 1.40. The van der Waals surface area contributed by atoms with Crippen LogP contribution >= 0.6 is 0 Å². The minimum absolute atomic E-state index is 0.999. The van der Waals surface area contributed by atoms with Gasteiger partial charge in [-0.1, -0.05) is 37.8 Å². The molecule has 0 amide bonds. The zero-order chi connectivity index (χ0) is 10.2. The molecule has 0 spiro atoms. The van der Waals surface area contributed by atoms with Gasteiger partial charge in [0, 0.05) is 25.2 Å². The number of hydrogen-bond acceptors (Lipinski definition) is 0. The van der Waals surface area contributed by atoms with Crippen LogP contribution in [-0.2, 0) is 6.04 Å². The maximum atomic E-state index is 3.33. The van der Waals surface area contributed by atoms with Gasteiger partial charge in [0.1, 0.15) is 0 Å². The molecule has 1 aromatic carbocycles. The minimum atomic E-state index is -0.999. The van der Waals surface area contributed by atoms with Crippen molar-refractivity contribution in [2.45, 2.75) is 25.7 Å². The van der Waals surface area contributed by atoms with E-state index in [1.807, 2.05) is 0 Å². The van der Waals surface area contributed by atoms with Crippen molar-refractivity contribution in [2.75, 3.05) is 0 Å². The normalized spacial score (nSPS) is 12.2. The van der Waals surface area contributed by atoms with Gasteiger partial charge in [0.15, 0.2) is 0 Å². The lowest BCUT2D eigenvalue weighted by Crippen LogP contribution is -2.23. The van der Waals surface area contributed by atoms with E-state index in [9.17, 15) is 0 Å². The quantitative estimate of drug-likeness (QED) is 0.718. The summed E-state index contributed by atoms with van der Waals surface area (Å²) in [6.07, 6.45) is 2.17. The van der Waals surface area contributed by atoms with Crippen molar-refractivity contribution in [3.8, 4) is 0 Å². The fourth-order valence-electron chi connectivity index (χ4n) is 1.85. The number of aromatic nitrogens is 1. The molecule has 0 fully saturated rings. The fourth-order valence-corrected chi connectivity index (χ4v) is 3.28. The number of nitrogens with one attached hydrogen (secondary N) is 1. The number of fused-ring (bicyclic) bond motifs is 1. The Kier molecular flexibility index (Phi) is 2.23. The highest BCUT2D eigenvalue weighted by molar-refractivity contribution is 6.75. The molecule has 2 rings (SSSR count). The Bertz CT molecular complexity index is 437. The summed E-state index contributed by atoms with van der Waals surface area (Å²) >= 11 is 0. The monoisotopic (exact) mass is 203 g/mol. The highest BCUT2D eigenvalue weighted by atomic mass is 28.3. The Morgan fingerprint density at radius 3 is 2.57 bits per heavy atom. The van der Waals surface area contributed by atoms with Crippen LogP contribution in [0, 0.1) is 0 Å². The lowest BCUT2D eigenvalue weighted by atomic mass is 10.2. The molecule has 0 saturated carbocycles. The number of rotatable bonds is 2. The topological polar surface area (TPSA) is 15.8 Å². The second-order valence-corrected chi connectivity index (χ2v) is 10.6. The Hall–Kier alpha value is -1.02. The van der Waals surface area contributed by atoms with Crippen molar-refractivity contribution >= 4 is 19.0 Å². The van der Waals surface area contributed by atoms with Gasteiger partial charge in [0.05, 0.1) is 0 Å². The van der Waals surface area contributed by atoms with Crippen LogP contribution in [-0.4, -0.2) is 13.1 Å². The molecule has 0 bridgehead atoms. The summed E-state index contributed by atoms with van der Waals surface area (Å²) < 4.78 is 0. The van der Waals surface area contributed by atoms with Crippen molar-refractivity contribution < 1.29 is 0 Å². The molecule has 0 unspecified atom stereocenters. The van der Waals surface area contributed by atoms with Crippen molar-refractivity contribution in [3.05, 3.63) is 36.0 Å². The molecule has 74 valence electrons. The summed E-state index contributed by atoms with van der Waals surface area (Å²) in [4.78, 5) is 3.33. The Morgan fingerprint density at radius 2 is 1.86 bits per heavy atom. The van der Waals surface area contributed by atoms with Crippen LogP contribution in [0.1, 0.15) is 5.56 Å². The van der Waals surface area contributed by atoms with Crippen LogP contribution in [0.3, 0.4) is 0 Å². The molecule has 0 aliphatic rings. The van der Waals surface area contributed by atoms with Crippen LogP contribution in [0.5, 0.6) is 0 Å². The molecule has 0 radical (unpaired) electrons. The van der Waals surface area contributed by atoms with Crippen molar-refractivity contribution in [1.29, 1.82) is 0 Å². The van der Waals surface area contributed by atoms with E-state index in [-0.39, 0.29) is 0 Å². The zero-order valence-corrected chi connectivity index (χ0v) is 10.1. The lowest BCUT2D eigenvalue weighted by Gasteiger charge is -2.14. The summed E-state index contributed by atoms with van der Waals surface area (Å²) in [7, 11) is -0.999. The van der Waals surface area contributed by atoms with Crippen molar-refractivity contribution in [1.82, 2.24) is 4.98 Å². The van der Waals surface area contributed by atoms with Gasteiger partial charge in [-0.05, 0) is 17.7 Å². The third kappa shape index (κ3) is 1.90. The first-order chi connectivity index (χ1) is 6.56. The highest BCUT2D eigenvalue weighted by Crippen LogP contribution is 2.21. The van der Waals surface area contributed by atoms with Gasteiger partial charge in [-0.3, -0.25) is 0 Å². The molecule has 1 heterocycles. The summed E-state index contributed by atoms with van der Waals surface area (Å²) in [6.45, 7) is 7.23. The van der Waals surface area contributed by atoms with E-state index in [0.29, 0.717) is 0 Å². The molecular weight excluding hydrogens is 186 g/mol. The van der Waals surface area contributed by atoms with Gasteiger partial charge in [-0.2, -0.15) is 0 Å². The minimum Gasteiger partial charge on any atom is -0.361 e. The van der Waals surface area contributed by atoms with E-state index in [4.69, 9.17) is 0 Å². The predicted molar refractivity (Wildman–Crippen MR) is 65.3 cm³/mol. The molecular formula is C12H17NSi. The standard InChI is InChI=1S/C12H17NSi/c1-14(2,3)9-10-8-13-12-7-5-4-6-11(10)12/h4-8,13H,9H2,1-3H3. The van der Waals surface area contributed by atoms with Gasteiger partial charge < -0.3 is 4.98 Å². The smallest absolute Gasteiger partial charge is 0.0488 e. The third-order valence-corrected chi connectivity index (χ3v) is 3.84. The first-order valence-electron chi connectivity index (χ1n) is 5.11. The molecule has 1 nitrogen and oxygen atoms in total. The Morgan fingerprint density at radius 1 is 1.14 bits per heavy atom. The Balaban J connectivity index is 2.44. The number of benzene rings is 1. The van der Waals surface area contributed by atoms with Crippen molar-refractivity contribution in [3.63, 3.8) is 0 Å². The molecule has 0 aliphatic heterocycles. The van der Waals surface area contributed by atoms with Crippen molar-refractivity contribution in [2.24, 2.45) is 0 Å². The van der Waals surface area contributed by atoms with Gasteiger partial charge in [0.25, 0.3) is 0 Å². The lowest BCUT2D eigenvalue weighted by molar-refractivity contribution is 1.32. The second-order valence-electron chi connectivity index (χ2n) is 5.10. The third-order valence-electron chi connectivity index (χ3n) is 2.40. The van der Waals surface area contributed by atoms with Crippen LogP contribution in [0.4, 0.5) is 0 Å². The Labute approximate surface area is 86.2 Å². The van der Waals surface area contributed by atoms with E-state index >= 15 is 0 Å². The van der Waals surface area contributed by atoms with E-state index in [2.05, 4.69) is 55.1 Å². The average Bonchev–Trinajstić information content (AvgIpc) is 2.47. The predicted octanol–water partition coefficient (Wildman–Crippen LogP) is 3.59. The number of para-hydroxylation sites is 1. The second kappa shape index (κ2) is 3.28. The molecule has 0 saturated heterocycles. The molecule has 1 aromatic heterocycles. The van der Waals surface area contributed by atoms with Crippen LogP contribution in [0.15, 0.2) is 30.5 Å². The van der Waals surface area contributed by atoms with E-state index < -0.39 is 8.07 Å². The van der Waals surface area contributed by atoms with E-state index in [1.54, 1.807) is 0 Å². The van der Waals surface area contributed by atoms with Gasteiger partial charge in [-0.25, -0.2) is 0 Å². The zero-order valence-electron chi connectivity index (χ0n) is 9.09. The first kappa shape index (κ1) is 9.53. The van der Waals surface area contributed by atoms with E-state index in [1.165, 1.54) is 22.5 Å². The SMILES string of the molecule is C[Si](C)(C)Cc1c[nH]c2ccccc12. The van der Waals surface area contributed by atoms with Gasteiger partial charge in [-0.15, -0.1) is 0 Å². The summed E-state index contributed by atoms with van der Waals surface area (Å²) in [5.41, 5.74) is 2.75. The molecule has 14 heavy (non-hydrogen) atoms. The molecule has 0 aliphatic carbocycles. The maximum Gasteiger partial charge on any atom is 0.0488 e. The maximum absolute atomic E-state index is 3.33. The van der Waals surface area contributed by atoms with Gasteiger partial charge in [0.2, 0.25) is 0 Å². The number of hydrogen-bond donors (Lipinski definition) is 1. The summed E-state index contributed by atoms with van der Waals surface area (Å²) in [5.74, 6) is 0. The van der Waals surface area contributed by atoms with Crippen LogP contribution in [0.2, 0.25) is 19.6 Å². The van der Waals surface area contributed by atoms with Crippen LogP contribution < -0.4 is 0 Å². The molecule has 1 N–H and O–H groups in total. The largest absolute Gasteiger partial charge is 0.361 e. The molecule has 0 atom stereocenters. The van der Waals surface area contributed by atoms with Crippen LogP contribution in [0.25, 0.3) is 10.9 Å². The molecule has 2 aromatic rings. The number of aromatic amines is 1. The van der Waals surface area contributed by atoms with E-state index in [0.717, 1.165) is 0 Å². The first-order valence-corrected chi connectivity index (χ1v) is 8.82. The highest BCUT2D eigenvalue weighted by Gasteiger charge is 2.15. The fraction of sp³-hybridized carbons (Fsp3) is 0.333. The summed E-state index contributed by atoms with van der Waals surface area (Å²) in [6, 6.07) is 9.81. The van der Waals surface area contributed by atoms with Gasteiger partial charge >= 0.3 is 0 Å². The molecule has 2 heteroatoms. The average molecular weight is 203 g/mol. The number of H-pyrrole nitrogens is 1.